The number of carbonyl (C=O) groups excluding carboxylic acids is 4. The maximum absolute atomic E-state index is 12.3. The summed E-state index contributed by atoms with van der Waals surface area (Å²) >= 11 is 0. The van der Waals surface area contributed by atoms with Gasteiger partial charge in [-0.05, 0) is 55.8 Å². The van der Waals surface area contributed by atoms with Crippen molar-refractivity contribution in [3.8, 4) is 0 Å². The van der Waals surface area contributed by atoms with Gasteiger partial charge >= 0.3 is 23.9 Å². The van der Waals surface area contributed by atoms with E-state index in [-0.39, 0.29) is 31.0 Å². The number of hydrogen-bond donors (Lipinski definition) is 1. The lowest BCUT2D eigenvalue weighted by Crippen LogP contribution is -2.45. The number of nitrogens with one attached hydrogen (secondary N) is 1. The Morgan fingerprint density at radius 2 is 1.71 bits per heavy atom. The normalized spacial score (nSPS) is 18.2. The van der Waals surface area contributed by atoms with Crippen molar-refractivity contribution < 1.29 is 38.1 Å². The van der Waals surface area contributed by atoms with Crippen LogP contribution in [0.5, 0.6) is 0 Å². The van der Waals surface area contributed by atoms with Crippen molar-refractivity contribution in [3.63, 3.8) is 0 Å². The maximum Gasteiger partial charge on any atom is 0.348 e. The van der Waals surface area contributed by atoms with Gasteiger partial charge in [0.05, 0.1) is 25.2 Å². The minimum atomic E-state index is -1.50. The first-order valence-electron chi connectivity index (χ1n) is 10.9. The topological polar surface area (TPSA) is 117 Å². The van der Waals surface area contributed by atoms with Crippen LogP contribution >= 0.6 is 0 Å². The maximum atomic E-state index is 12.3. The van der Waals surface area contributed by atoms with Gasteiger partial charge in [0, 0.05) is 25.2 Å². The van der Waals surface area contributed by atoms with E-state index in [1.54, 1.807) is 63.4 Å². The SMILES string of the molecule is CCOC(=O)c1ccc(N/C=C/C(C)=C/C=C2C(=O)OC(C)(CCOC(=O)CC)OC2=O)cc1. The van der Waals surface area contributed by atoms with E-state index in [4.69, 9.17) is 18.9 Å². The average Bonchev–Trinajstić information content (AvgIpc) is 2.78. The highest BCUT2D eigenvalue weighted by molar-refractivity contribution is 6.15. The molecule has 1 aromatic rings. The molecule has 34 heavy (non-hydrogen) atoms. The molecule has 2 rings (SSSR count). The summed E-state index contributed by atoms with van der Waals surface area (Å²) in [6.07, 6.45) is 6.58. The van der Waals surface area contributed by atoms with Crippen molar-refractivity contribution in [2.24, 2.45) is 0 Å². The summed E-state index contributed by atoms with van der Waals surface area (Å²) in [5.41, 5.74) is 1.73. The molecule has 0 aromatic heterocycles. The van der Waals surface area contributed by atoms with Gasteiger partial charge in [-0.3, -0.25) is 4.79 Å². The van der Waals surface area contributed by atoms with Crippen molar-refractivity contribution in [1.29, 1.82) is 0 Å². The van der Waals surface area contributed by atoms with Crippen LogP contribution in [0.2, 0.25) is 0 Å². The van der Waals surface area contributed by atoms with Crippen molar-refractivity contribution in [2.45, 2.75) is 46.3 Å². The number of carbonyl (C=O) groups is 4. The zero-order chi connectivity index (χ0) is 25.1. The standard InChI is InChI=1S/C25H29NO8/c1-5-21(27)32-16-14-25(4)33-23(29)20(24(30)34-25)12-7-17(3)13-15-26-19-10-8-18(9-11-19)22(28)31-6-2/h7-13,15,26H,5-6,14,16H2,1-4H3/b15-13+,17-7+,20-12?. The third-order valence-corrected chi connectivity index (χ3v) is 4.67. The number of anilines is 1. The Kier molecular flexibility index (Phi) is 9.61. The van der Waals surface area contributed by atoms with Crippen molar-refractivity contribution in [1.82, 2.24) is 0 Å². The van der Waals surface area contributed by atoms with Crippen molar-refractivity contribution >= 4 is 29.6 Å². The third-order valence-electron chi connectivity index (χ3n) is 4.67. The fourth-order valence-electron chi connectivity index (χ4n) is 2.75. The highest BCUT2D eigenvalue weighted by Gasteiger charge is 2.42. The van der Waals surface area contributed by atoms with Gasteiger partial charge in [-0.25, -0.2) is 14.4 Å². The number of esters is 4. The first-order chi connectivity index (χ1) is 16.2. The first kappa shape index (κ1) is 26.4. The average molecular weight is 472 g/mol. The molecule has 1 aliphatic rings. The van der Waals surface area contributed by atoms with E-state index in [0.29, 0.717) is 12.2 Å². The van der Waals surface area contributed by atoms with E-state index in [0.717, 1.165) is 11.3 Å². The fraction of sp³-hybridized carbons (Fsp3) is 0.360. The Morgan fingerprint density at radius 1 is 1.06 bits per heavy atom. The highest BCUT2D eigenvalue weighted by atomic mass is 16.7. The molecule has 1 N–H and O–H groups in total. The molecule has 0 amide bonds. The summed E-state index contributed by atoms with van der Waals surface area (Å²) < 4.78 is 20.4. The zero-order valence-corrected chi connectivity index (χ0v) is 19.7. The minimum absolute atomic E-state index is 0.0353. The van der Waals surface area contributed by atoms with Crippen LogP contribution in [-0.2, 0) is 33.3 Å². The summed E-state index contributed by atoms with van der Waals surface area (Å²) in [6.45, 7) is 6.90. The van der Waals surface area contributed by atoms with Gasteiger partial charge in [0.25, 0.3) is 5.79 Å². The fourth-order valence-corrected chi connectivity index (χ4v) is 2.75. The predicted molar refractivity (Wildman–Crippen MR) is 123 cm³/mol. The van der Waals surface area contributed by atoms with Gasteiger partial charge in [0.1, 0.15) is 5.57 Å². The van der Waals surface area contributed by atoms with E-state index >= 15 is 0 Å². The lowest BCUT2D eigenvalue weighted by molar-refractivity contribution is -0.233. The van der Waals surface area contributed by atoms with Crippen LogP contribution < -0.4 is 5.32 Å². The second kappa shape index (κ2) is 12.4. The summed E-state index contributed by atoms with van der Waals surface area (Å²) in [5, 5.41) is 3.06. The monoisotopic (exact) mass is 471 g/mol. The largest absolute Gasteiger partial charge is 0.465 e. The molecule has 1 aromatic carbocycles. The molecule has 0 atom stereocenters. The number of benzene rings is 1. The lowest BCUT2D eigenvalue weighted by atomic mass is 10.1. The molecule has 0 radical (unpaired) electrons. The van der Waals surface area contributed by atoms with Crippen LogP contribution in [0, 0.1) is 0 Å². The number of cyclic esters (lactones) is 2. The van der Waals surface area contributed by atoms with Gasteiger partial charge < -0.3 is 24.3 Å². The molecular weight excluding hydrogens is 442 g/mol. The second-order valence-corrected chi connectivity index (χ2v) is 7.50. The van der Waals surface area contributed by atoms with Crippen LogP contribution in [-0.4, -0.2) is 42.9 Å². The number of rotatable bonds is 10. The van der Waals surface area contributed by atoms with Gasteiger partial charge in [-0.1, -0.05) is 13.0 Å². The number of allylic oxidation sites excluding steroid dienone is 4. The van der Waals surface area contributed by atoms with Crippen molar-refractivity contribution in [2.75, 3.05) is 18.5 Å². The third kappa shape index (κ3) is 7.91. The molecule has 0 aliphatic carbocycles. The van der Waals surface area contributed by atoms with E-state index in [1.807, 2.05) is 0 Å². The van der Waals surface area contributed by atoms with Crippen LogP contribution in [0.1, 0.15) is 50.9 Å². The molecule has 0 bridgehead atoms. The summed E-state index contributed by atoms with van der Waals surface area (Å²) in [4.78, 5) is 47.5. The van der Waals surface area contributed by atoms with Crippen LogP contribution in [0.3, 0.4) is 0 Å². The van der Waals surface area contributed by atoms with E-state index in [9.17, 15) is 19.2 Å². The molecule has 0 saturated carbocycles. The lowest BCUT2D eigenvalue weighted by Gasteiger charge is -2.33. The Hall–Kier alpha value is -3.88. The summed E-state index contributed by atoms with van der Waals surface area (Å²) in [7, 11) is 0. The van der Waals surface area contributed by atoms with Gasteiger partial charge in [0.2, 0.25) is 0 Å². The van der Waals surface area contributed by atoms with Crippen LogP contribution in [0.25, 0.3) is 0 Å². The van der Waals surface area contributed by atoms with Crippen molar-refractivity contribution in [3.05, 3.63) is 65.4 Å². The van der Waals surface area contributed by atoms with E-state index in [1.165, 1.54) is 13.0 Å². The van der Waals surface area contributed by atoms with Gasteiger partial charge in [-0.2, -0.15) is 0 Å². The van der Waals surface area contributed by atoms with Gasteiger partial charge in [-0.15, -0.1) is 0 Å². The Balaban J connectivity index is 1.92. The van der Waals surface area contributed by atoms with Crippen LogP contribution in [0.4, 0.5) is 5.69 Å². The molecule has 1 fully saturated rings. The second-order valence-electron chi connectivity index (χ2n) is 7.50. The Morgan fingerprint density at radius 3 is 2.29 bits per heavy atom. The molecule has 1 heterocycles. The molecule has 1 aliphatic heterocycles. The quantitative estimate of drug-likeness (QED) is 0.179. The molecule has 1 saturated heterocycles. The molecule has 0 spiro atoms. The number of hydrogen-bond acceptors (Lipinski definition) is 9. The molecule has 0 unspecified atom stereocenters. The molecular formula is C25H29NO8. The van der Waals surface area contributed by atoms with E-state index < -0.39 is 23.7 Å². The van der Waals surface area contributed by atoms with Gasteiger partial charge in [0.15, 0.2) is 0 Å². The minimum Gasteiger partial charge on any atom is -0.465 e. The van der Waals surface area contributed by atoms with E-state index in [2.05, 4.69) is 5.32 Å². The zero-order valence-electron chi connectivity index (χ0n) is 19.7. The summed E-state index contributed by atoms with van der Waals surface area (Å²) in [5.74, 6) is -3.89. The molecule has 9 heteroatoms. The Bertz CT molecular complexity index is 984. The highest BCUT2D eigenvalue weighted by Crippen LogP contribution is 2.26. The van der Waals surface area contributed by atoms with Crippen LogP contribution in [0.15, 0.2) is 59.8 Å². The smallest absolute Gasteiger partial charge is 0.348 e. The predicted octanol–water partition coefficient (Wildman–Crippen LogP) is 3.82. The first-order valence-corrected chi connectivity index (χ1v) is 10.9. The number of ether oxygens (including phenoxy) is 4. The summed E-state index contributed by atoms with van der Waals surface area (Å²) in [6, 6.07) is 6.80. The molecule has 9 nitrogen and oxygen atoms in total. The Labute approximate surface area is 198 Å². The molecule has 182 valence electrons.